The van der Waals surface area contributed by atoms with Gasteiger partial charge in [-0.25, -0.2) is 4.98 Å². The summed E-state index contributed by atoms with van der Waals surface area (Å²) in [5.41, 5.74) is 3.13. The maximum atomic E-state index is 4.30. The largest absolute Gasteiger partial charge is 0.316 e. The van der Waals surface area contributed by atoms with Crippen molar-refractivity contribution in [3.8, 4) is 0 Å². The number of hydrogen-bond acceptors (Lipinski definition) is 4. The Balaban J connectivity index is 1.84. The van der Waals surface area contributed by atoms with Crippen molar-refractivity contribution in [3.63, 3.8) is 0 Å². The van der Waals surface area contributed by atoms with E-state index in [9.17, 15) is 0 Å². The molecule has 0 aliphatic carbocycles. The van der Waals surface area contributed by atoms with Crippen LogP contribution in [0.5, 0.6) is 0 Å². The van der Waals surface area contributed by atoms with Gasteiger partial charge in [-0.1, -0.05) is 6.92 Å². The smallest absolute Gasteiger partial charge is 0.0798 e. The highest BCUT2D eigenvalue weighted by Gasteiger charge is 2.24. The maximum Gasteiger partial charge on any atom is 0.0798 e. The number of nitrogens with one attached hydrogen (secondary N) is 1. The van der Waals surface area contributed by atoms with Gasteiger partial charge < -0.3 is 10.2 Å². The van der Waals surface area contributed by atoms with Crippen LogP contribution in [-0.2, 0) is 6.54 Å². The standard InChI is InChI=1S/C12H21N3S/c1-9-4-13-5-11(9)6-15(3)7-12-10(2)14-8-16-12/h8-9,11,13H,4-7H2,1-3H3/t9-,11+/m1/s1. The Morgan fingerprint density at radius 1 is 1.56 bits per heavy atom. The molecule has 90 valence electrons. The fourth-order valence-corrected chi connectivity index (χ4v) is 3.15. The molecule has 0 bridgehead atoms. The van der Waals surface area contributed by atoms with E-state index in [4.69, 9.17) is 0 Å². The van der Waals surface area contributed by atoms with Gasteiger partial charge in [-0.2, -0.15) is 0 Å². The van der Waals surface area contributed by atoms with E-state index < -0.39 is 0 Å². The van der Waals surface area contributed by atoms with Gasteiger partial charge in [-0.3, -0.25) is 0 Å². The molecule has 2 heterocycles. The second-order valence-corrected chi connectivity index (χ2v) is 5.89. The predicted octanol–water partition coefficient (Wildman–Crippen LogP) is 1.74. The van der Waals surface area contributed by atoms with Gasteiger partial charge >= 0.3 is 0 Å². The third-order valence-electron chi connectivity index (χ3n) is 3.48. The number of aromatic nitrogens is 1. The molecular weight excluding hydrogens is 218 g/mol. The van der Waals surface area contributed by atoms with E-state index in [1.807, 2.05) is 5.51 Å². The van der Waals surface area contributed by atoms with Crippen LogP contribution >= 0.6 is 11.3 Å². The SMILES string of the molecule is Cc1ncsc1CN(C)C[C@@H]1CNC[C@H]1C. The molecule has 0 aromatic carbocycles. The highest BCUT2D eigenvalue weighted by atomic mass is 32.1. The topological polar surface area (TPSA) is 28.2 Å². The first-order valence-electron chi connectivity index (χ1n) is 5.95. The summed E-state index contributed by atoms with van der Waals surface area (Å²) in [6, 6.07) is 0. The molecule has 0 radical (unpaired) electrons. The van der Waals surface area contributed by atoms with Crippen LogP contribution in [0.1, 0.15) is 17.5 Å². The lowest BCUT2D eigenvalue weighted by atomic mass is 9.98. The van der Waals surface area contributed by atoms with Gasteiger partial charge in [0.25, 0.3) is 0 Å². The van der Waals surface area contributed by atoms with E-state index in [-0.39, 0.29) is 0 Å². The highest BCUT2D eigenvalue weighted by Crippen LogP contribution is 2.19. The zero-order valence-corrected chi connectivity index (χ0v) is 11.2. The van der Waals surface area contributed by atoms with Crippen molar-refractivity contribution in [2.75, 3.05) is 26.7 Å². The van der Waals surface area contributed by atoms with E-state index in [1.54, 1.807) is 11.3 Å². The Hall–Kier alpha value is -0.450. The molecule has 0 amide bonds. The quantitative estimate of drug-likeness (QED) is 0.867. The van der Waals surface area contributed by atoms with E-state index in [0.717, 1.165) is 18.4 Å². The summed E-state index contributed by atoms with van der Waals surface area (Å²) in [6.45, 7) is 9.02. The molecule has 16 heavy (non-hydrogen) atoms. The third-order valence-corrected chi connectivity index (χ3v) is 4.40. The summed E-state index contributed by atoms with van der Waals surface area (Å²) < 4.78 is 0. The van der Waals surface area contributed by atoms with Crippen LogP contribution in [0.25, 0.3) is 0 Å². The van der Waals surface area contributed by atoms with Crippen LogP contribution in [0, 0.1) is 18.8 Å². The van der Waals surface area contributed by atoms with Gasteiger partial charge in [0.05, 0.1) is 11.2 Å². The van der Waals surface area contributed by atoms with E-state index >= 15 is 0 Å². The number of aryl methyl sites for hydroxylation is 1. The molecule has 0 saturated carbocycles. The Morgan fingerprint density at radius 2 is 2.38 bits per heavy atom. The number of rotatable bonds is 4. The van der Waals surface area contributed by atoms with Gasteiger partial charge in [0.2, 0.25) is 0 Å². The summed E-state index contributed by atoms with van der Waals surface area (Å²) >= 11 is 1.77. The molecule has 2 rings (SSSR count). The average Bonchev–Trinajstić information content (AvgIpc) is 2.79. The minimum absolute atomic E-state index is 0.804. The van der Waals surface area contributed by atoms with Gasteiger partial charge in [0.15, 0.2) is 0 Å². The normalized spacial score (nSPS) is 25.5. The monoisotopic (exact) mass is 239 g/mol. The van der Waals surface area contributed by atoms with E-state index in [0.29, 0.717) is 0 Å². The Bertz CT molecular complexity index is 337. The van der Waals surface area contributed by atoms with Crippen molar-refractivity contribution < 1.29 is 0 Å². The minimum atomic E-state index is 0.804. The lowest BCUT2D eigenvalue weighted by Gasteiger charge is -2.22. The fourth-order valence-electron chi connectivity index (χ4n) is 2.30. The molecule has 1 N–H and O–H groups in total. The van der Waals surface area contributed by atoms with Crippen LogP contribution in [0.2, 0.25) is 0 Å². The third kappa shape index (κ3) is 2.81. The van der Waals surface area contributed by atoms with Crippen molar-refractivity contribution in [1.29, 1.82) is 0 Å². The zero-order valence-electron chi connectivity index (χ0n) is 10.4. The molecule has 4 heteroatoms. The van der Waals surface area contributed by atoms with Crippen LogP contribution < -0.4 is 5.32 Å². The molecule has 1 aliphatic heterocycles. The molecular formula is C12H21N3S. The lowest BCUT2D eigenvalue weighted by molar-refractivity contribution is 0.254. The molecule has 1 fully saturated rings. The second kappa shape index (κ2) is 5.25. The Labute approximate surface area is 102 Å². The summed E-state index contributed by atoms with van der Waals surface area (Å²) in [5, 5.41) is 3.46. The molecule has 1 aliphatic rings. The summed E-state index contributed by atoms with van der Waals surface area (Å²) in [6.07, 6.45) is 0. The Kier molecular flexibility index (Phi) is 3.95. The maximum absolute atomic E-state index is 4.30. The molecule has 3 nitrogen and oxygen atoms in total. The minimum Gasteiger partial charge on any atom is -0.316 e. The molecule has 1 aromatic rings. The highest BCUT2D eigenvalue weighted by molar-refractivity contribution is 7.09. The van der Waals surface area contributed by atoms with Crippen LogP contribution in [0.15, 0.2) is 5.51 Å². The number of nitrogens with zero attached hydrogens (tertiary/aromatic N) is 2. The van der Waals surface area contributed by atoms with Crippen molar-refractivity contribution in [2.24, 2.45) is 11.8 Å². The zero-order chi connectivity index (χ0) is 11.5. The Morgan fingerprint density at radius 3 is 2.94 bits per heavy atom. The summed E-state index contributed by atoms with van der Waals surface area (Å²) in [5.74, 6) is 1.61. The molecule has 2 atom stereocenters. The van der Waals surface area contributed by atoms with Crippen LogP contribution in [0.4, 0.5) is 0 Å². The van der Waals surface area contributed by atoms with Crippen molar-refractivity contribution in [3.05, 3.63) is 16.1 Å². The first-order chi connectivity index (χ1) is 7.66. The molecule has 0 spiro atoms. The first kappa shape index (κ1) is 12.0. The number of hydrogen-bond donors (Lipinski definition) is 1. The number of thiazole rings is 1. The van der Waals surface area contributed by atoms with Gasteiger partial charge in [-0.15, -0.1) is 11.3 Å². The van der Waals surface area contributed by atoms with Crippen LogP contribution in [-0.4, -0.2) is 36.6 Å². The van der Waals surface area contributed by atoms with E-state index in [2.05, 4.69) is 36.1 Å². The fraction of sp³-hybridized carbons (Fsp3) is 0.750. The van der Waals surface area contributed by atoms with Gasteiger partial charge in [-0.05, 0) is 38.9 Å². The van der Waals surface area contributed by atoms with Gasteiger partial charge in [0, 0.05) is 18.0 Å². The van der Waals surface area contributed by atoms with Crippen molar-refractivity contribution >= 4 is 11.3 Å². The predicted molar refractivity (Wildman–Crippen MR) is 68.7 cm³/mol. The summed E-state index contributed by atoms with van der Waals surface area (Å²) in [7, 11) is 2.21. The summed E-state index contributed by atoms with van der Waals surface area (Å²) in [4.78, 5) is 8.13. The van der Waals surface area contributed by atoms with Crippen molar-refractivity contribution in [2.45, 2.75) is 20.4 Å². The lowest BCUT2D eigenvalue weighted by Crippen LogP contribution is -2.28. The van der Waals surface area contributed by atoms with Crippen molar-refractivity contribution in [1.82, 2.24) is 15.2 Å². The molecule has 1 saturated heterocycles. The average molecular weight is 239 g/mol. The van der Waals surface area contributed by atoms with Gasteiger partial charge in [0.1, 0.15) is 0 Å². The molecule has 1 aromatic heterocycles. The molecule has 0 unspecified atom stereocenters. The van der Waals surface area contributed by atoms with Crippen LogP contribution in [0.3, 0.4) is 0 Å². The first-order valence-corrected chi connectivity index (χ1v) is 6.83. The second-order valence-electron chi connectivity index (χ2n) is 4.95. The van der Waals surface area contributed by atoms with E-state index in [1.165, 1.54) is 30.2 Å².